The van der Waals surface area contributed by atoms with E-state index in [0.29, 0.717) is 35.0 Å². The summed E-state index contributed by atoms with van der Waals surface area (Å²) in [6, 6.07) is 29.5. The molecule has 0 aromatic heterocycles. The van der Waals surface area contributed by atoms with Gasteiger partial charge in [-0.15, -0.1) is 0 Å². The van der Waals surface area contributed by atoms with Crippen molar-refractivity contribution < 1.29 is 28.5 Å². The van der Waals surface area contributed by atoms with Gasteiger partial charge in [-0.25, -0.2) is 10.2 Å². The van der Waals surface area contributed by atoms with E-state index in [4.69, 9.17) is 18.9 Å². The Morgan fingerprint density at radius 3 is 2.08 bits per heavy atom. The number of nitrogens with zero attached hydrogens (tertiary/aromatic N) is 1. The molecule has 0 aliphatic heterocycles. The Kier molecular flexibility index (Phi) is 10.3. The summed E-state index contributed by atoms with van der Waals surface area (Å²) in [5, 5.41) is 4.05. The van der Waals surface area contributed by atoms with Gasteiger partial charge in [-0.2, -0.15) is 5.10 Å². The van der Waals surface area contributed by atoms with Gasteiger partial charge in [0.15, 0.2) is 0 Å². The molecule has 4 aromatic rings. The van der Waals surface area contributed by atoms with Crippen molar-refractivity contribution in [2.75, 3.05) is 6.61 Å². The van der Waals surface area contributed by atoms with Crippen LogP contribution in [0.15, 0.2) is 113 Å². The minimum atomic E-state index is -1.31. The molecule has 0 saturated heterocycles. The van der Waals surface area contributed by atoms with E-state index < -0.39 is 18.2 Å². The lowest BCUT2D eigenvalue weighted by molar-refractivity contribution is -0.140. The van der Waals surface area contributed by atoms with Gasteiger partial charge in [0, 0.05) is 10.0 Å². The summed E-state index contributed by atoms with van der Waals surface area (Å²) in [6.45, 7) is 2.62. The summed E-state index contributed by atoms with van der Waals surface area (Å²) in [4.78, 5) is 25.7. The lowest BCUT2D eigenvalue weighted by Crippen LogP contribution is -2.40. The van der Waals surface area contributed by atoms with E-state index in [2.05, 4.69) is 26.5 Å². The molecule has 0 heterocycles. The van der Waals surface area contributed by atoms with Crippen LogP contribution >= 0.6 is 15.9 Å². The first-order chi connectivity index (χ1) is 19.5. The van der Waals surface area contributed by atoms with Gasteiger partial charge in [0.25, 0.3) is 0 Å². The van der Waals surface area contributed by atoms with Crippen molar-refractivity contribution in [1.29, 1.82) is 0 Å². The molecule has 4 aromatic carbocycles. The molecule has 0 unspecified atom stereocenters. The lowest BCUT2D eigenvalue weighted by atomic mass is 10.2. The maximum absolute atomic E-state index is 13.0. The van der Waals surface area contributed by atoms with Gasteiger partial charge >= 0.3 is 18.2 Å². The molecule has 0 atom stereocenters. The van der Waals surface area contributed by atoms with Gasteiger partial charge in [0.2, 0.25) is 0 Å². The van der Waals surface area contributed by atoms with Crippen LogP contribution in [0.4, 0.5) is 0 Å². The molecule has 0 fully saturated rings. The van der Waals surface area contributed by atoms with E-state index in [1.807, 2.05) is 19.1 Å². The van der Waals surface area contributed by atoms with Gasteiger partial charge < -0.3 is 18.9 Å². The second kappa shape index (κ2) is 14.5. The van der Waals surface area contributed by atoms with E-state index in [0.717, 1.165) is 10.9 Å². The molecule has 9 heteroatoms. The fraction of sp³-hybridized carbons (Fsp3) is 0.129. The third kappa shape index (κ3) is 8.44. The molecule has 0 aliphatic carbocycles. The number of carbonyl (C=O) groups is 2. The van der Waals surface area contributed by atoms with E-state index in [9.17, 15) is 9.59 Å². The number of nitrogens with one attached hydrogen (secondary N) is 1. The second-order valence-corrected chi connectivity index (χ2v) is 9.29. The number of para-hydroxylation sites is 2. The molecule has 4 rings (SSSR count). The number of esters is 1. The van der Waals surface area contributed by atoms with Crippen LogP contribution in [-0.4, -0.2) is 31.0 Å². The predicted molar refractivity (Wildman–Crippen MR) is 155 cm³/mol. The largest absolute Gasteiger partial charge is 0.494 e. The van der Waals surface area contributed by atoms with E-state index in [1.54, 1.807) is 91.0 Å². The molecule has 204 valence electrons. The number of hydrazone groups is 1. The van der Waals surface area contributed by atoms with Crippen LogP contribution in [0.2, 0.25) is 0 Å². The number of rotatable bonds is 12. The number of amides is 1. The zero-order chi connectivity index (χ0) is 28.2. The van der Waals surface area contributed by atoms with Gasteiger partial charge in [0.1, 0.15) is 23.0 Å². The van der Waals surface area contributed by atoms with Crippen molar-refractivity contribution in [3.05, 3.63) is 119 Å². The average molecular weight is 603 g/mol. The van der Waals surface area contributed by atoms with Crippen molar-refractivity contribution in [2.45, 2.75) is 19.6 Å². The number of carbonyl (C=O) groups excluding carboxylic acids is 2. The standard InChI is InChI=1S/C31H27BrN2O6/c1-2-19-37-25-16-13-22(14-17-25)30(36)40-28-18-15-24(32)20-23(28)21-33-34-29(35)31(38-26-9-5-3-6-10-26)39-27-11-7-4-8-12-27/h3-18,20-21,31H,2,19H2,1H3,(H,34,35). The fourth-order valence-electron chi connectivity index (χ4n) is 3.37. The number of ether oxygens (including phenoxy) is 4. The quantitative estimate of drug-likeness (QED) is 0.0663. The van der Waals surface area contributed by atoms with Crippen molar-refractivity contribution in [2.24, 2.45) is 5.10 Å². The van der Waals surface area contributed by atoms with Crippen LogP contribution in [0, 0.1) is 0 Å². The fourth-order valence-corrected chi connectivity index (χ4v) is 3.75. The highest BCUT2D eigenvalue weighted by atomic mass is 79.9. The Labute approximate surface area is 240 Å². The summed E-state index contributed by atoms with van der Waals surface area (Å²) in [6.07, 6.45) is 0.944. The normalized spacial score (nSPS) is 10.8. The van der Waals surface area contributed by atoms with Gasteiger partial charge in [-0.05, 0) is 73.2 Å². The highest BCUT2D eigenvalue weighted by Crippen LogP contribution is 2.23. The first-order valence-electron chi connectivity index (χ1n) is 12.5. The van der Waals surface area contributed by atoms with Crippen LogP contribution in [-0.2, 0) is 4.79 Å². The zero-order valence-corrected chi connectivity index (χ0v) is 23.2. The Morgan fingerprint density at radius 1 is 0.850 bits per heavy atom. The second-order valence-electron chi connectivity index (χ2n) is 8.37. The predicted octanol–water partition coefficient (Wildman–Crippen LogP) is 6.39. The molecule has 1 amide bonds. The number of benzene rings is 4. The Balaban J connectivity index is 1.44. The molecule has 0 saturated carbocycles. The van der Waals surface area contributed by atoms with Crippen molar-refractivity contribution in [3.63, 3.8) is 0 Å². The van der Waals surface area contributed by atoms with Crippen molar-refractivity contribution in [3.8, 4) is 23.0 Å². The summed E-state index contributed by atoms with van der Waals surface area (Å²) < 4.78 is 23.4. The minimum Gasteiger partial charge on any atom is -0.494 e. The monoisotopic (exact) mass is 602 g/mol. The molecule has 1 N–H and O–H groups in total. The lowest BCUT2D eigenvalue weighted by Gasteiger charge is -2.18. The number of hydrogen-bond acceptors (Lipinski definition) is 7. The third-order valence-electron chi connectivity index (χ3n) is 5.30. The summed E-state index contributed by atoms with van der Waals surface area (Å²) in [7, 11) is 0. The summed E-state index contributed by atoms with van der Waals surface area (Å²) in [5.41, 5.74) is 3.25. The summed E-state index contributed by atoms with van der Waals surface area (Å²) in [5.74, 6) is 0.660. The van der Waals surface area contributed by atoms with Crippen LogP contribution in [0.3, 0.4) is 0 Å². The Hall–Kier alpha value is -4.63. The van der Waals surface area contributed by atoms with Crippen molar-refractivity contribution in [1.82, 2.24) is 5.43 Å². The van der Waals surface area contributed by atoms with Crippen LogP contribution in [0.1, 0.15) is 29.3 Å². The molecule has 0 spiro atoms. The van der Waals surface area contributed by atoms with Crippen LogP contribution in [0.5, 0.6) is 23.0 Å². The average Bonchev–Trinajstić information content (AvgIpc) is 2.98. The van der Waals surface area contributed by atoms with Crippen molar-refractivity contribution >= 4 is 34.0 Å². The maximum atomic E-state index is 13.0. The van der Waals surface area contributed by atoms with E-state index >= 15 is 0 Å². The molecular formula is C31H27BrN2O6. The SMILES string of the molecule is CCCOc1ccc(C(=O)Oc2ccc(Br)cc2C=NNC(=O)C(Oc2ccccc2)Oc2ccccc2)cc1. The number of hydrogen-bond donors (Lipinski definition) is 1. The molecule has 40 heavy (non-hydrogen) atoms. The zero-order valence-electron chi connectivity index (χ0n) is 21.7. The van der Waals surface area contributed by atoms with Crippen LogP contribution in [0.25, 0.3) is 0 Å². The highest BCUT2D eigenvalue weighted by Gasteiger charge is 2.22. The first-order valence-corrected chi connectivity index (χ1v) is 13.3. The molecule has 0 radical (unpaired) electrons. The minimum absolute atomic E-state index is 0.259. The molecule has 8 nitrogen and oxygen atoms in total. The Bertz CT molecular complexity index is 1390. The number of halogens is 1. The maximum Gasteiger partial charge on any atom is 0.343 e. The topological polar surface area (TPSA) is 95.5 Å². The van der Waals surface area contributed by atoms with Crippen LogP contribution < -0.4 is 24.4 Å². The molecule has 0 bridgehead atoms. The molecule has 0 aliphatic rings. The Morgan fingerprint density at radius 2 is 1.48 bits per heavy atom. The van der Waals surface area contributed by atoms with Gasteiger partial charge in [0.05, 0.1) is 18.4 Å². The van der Waals surface area contributed by atoms with Gasteiger partial charge in [-0.3, -0.25) is 4.79 Å². The summed E-state index contributed by atoms with van der Waals surface area (Å²) >= 11 is 3.41. The third-order valence-corrected chi connectivity index (χ3v) is 5.80. The smallest absolute Gasteiger partial charge is 0.343 e. The molecular weight excluding hydrogens is 576 g/mol. The first kappa shape index (κ1) is 28.4. The van der Waals surface area contributed by atoms with Gasteiger partial charge in [-0.1, -0.05) is 59.3 Å². The highest BCUT2D eigenvalue weighted by molar-refractivity contribution is 9.10. The van der Waals surface area contributed by atoms with E-state index in [1.165, 1.54) is 6.21 Å². The van der Waals surface area contributed by atoms with E-state index in [-0.39, 0.29) is 5.75 Å².